The molecule has 0 aliphatic carbocycles. The van der Waals surface area contributed by atoms with Crippen LogP contribution in [0.1, 0.15) is 25.7 Å². The van der Waals surface area contributed by atoms with E-state index in [4.69, 9.17) is 29.2 Å². The number of carboxylic acids is 2. The highest BCUT2D eigenvalue weighted by molar-refractivity contribution is 7.84. The fourth-order valence-electron chi connectivity index (χ4n) is 6.94. The Balaban J connectivity index is -0.000000522. The molecule has 0 spiro atoms. The Kier molecular flexibility index (Phi) is 41.7. The van der Waals surface area contributed by atoms with Gasteiger partial charge in [-0.1, -0.05) is 0 Å². The first-order chi connectivity index (χ1) is 39.2. The van der Waals surface area contributed by atoms with Crippen LogP contribution in [0.2, 0.25) is 0 Å². The van der Waals surface area contributed by atoms with Gasteiger partial charge in [-0.3, -0.25) is 20.9 Å². The van der Waals surface area contributed by atoms with Gasteiger partial charge in [0.2, 0.25) is 52.0 Å². The van der Waals surface area contributed by atoms with Gasteiger partial charge >= 0.3 is 0 Å². The number of ether oxygens (including phenoxy) is 6. The fraction of sp³-hybridized carbons (Fsp3) is 0.935. The Morgan fingerprint density at radius 1 is 0.440 bits per heavy atom. The number of carbonyl (C=O) groups excluding carboxylic acids is 2. The number of hydrogen-bond acceptors (Lipinski definition) is 45. The molecule has 550 valence electrons. The highest BCUT2D eigenvalue weighted by atomic mass is 32.3. The number of carboxylic acid groups (broad SMARTS) is 2. The summed E-state index contributed by atoms with van der Waals surface area (Å²) < 4.78 is 303. The Hall–Kier alpha value is -2.74. The van der Waals surface area contributed by atoms with E-state index in [1.165, 1.54) is 9.44 Å². The van der Waals surface area contributed by atoms with Gasteiger partial charge in [0.1, 0.15) is 30.5 Å². The third-order valence-electron chi connectivity index (χ3n) is 10.6. The lowest BCUT2D eigenvalue weighted by atomic mass is 9.99. The molecule has 0 aromatic rings. The van der Waals surface area contributed by atoms with Crippen molar-refractivity contribution in [1.82, 2.24) is 14.2 Å². The molecule has 17 atom stereocenters. The summed E-state index contributed by atoms with van der Waals surface area (Å²) in [4.78, 5) is 20.5. The zero-order chi connectivity index (χ0) is 67.6. The topological polar surface area (TPSA) is 923 Å². The van der Waals surface area contributed by atoms with Crippen LogP contribution in [-0.4, -0.2) is 325 Å². The molecule has 60 heteroatoms. The molecule has 5 heterocycles. The average Bonchev–Trinajstić information content (AvgIpc) is 1.33. The maximum absolute atomic E-state index is 10.6. The van der Waals surface area contributed by atoms with Crippen LogP contribution in [0.15, 0.2) is 0 Å². The minimum Gasteiger partial charge on any atom is -0.735 e. The summed E-state index contributed by atoms with van der Waals surface area (Å²) in [5.41, 5.74) is 0. The molecule has 0 radical (unpaired) electrons. The molecule has 0 saturated carbocycles. The second kappa shape index (κ2) is 40.1. The number of hydrogen-bond donors (Lipinski definition) is 9. The zero-order valence-electron chi connectivity index (χ0n) is 45.0. The summed E-state index contributed by atoms with van der Waals surface area (Å²) in [6.45, 7) is -4.09. The van der Waals surface area contributed by atoms with Gasteiger partial charge in [0.15, 0.2) is 37.2 Å². The third-order valence-corrected chi connectivity index (χ3v) is 14.6. The summed E-state index contributed by atoms with van der Waals surface area (Å²) in [6.07, 6.45) is -19.9. The van der Waals surface area contributed by atoms with E-state index in [-0.39, 0.29) is 47.8 Å². The van der Waals surface area contributed by atoms with Crippen LogP contribution in [0.5, 0.6) is 0 Å². The largest absolute Gasteiger partial charge is 0.735 e. The maximum Gasteiger partial charge on any atom is 0.218 e. The van der Waals surface area contributed by atoms with Gasteiger partial charge in [0, 0.05) is 32.8 Å². The third kappa shape index (κ3) is 42.4. The number of carbonyl (C=O) groups is 2. The van der Waals surface area contributed by atoms with Crippen molar-refractivity contribution in [2.45, 2.75) is 129 Å². The van der Waals surface area contributed by atoms with E-state index in [0.717, 1.165) is 7.11 Å². The van der Waals surface area contributed by atoms with Gasteiger partial charge in [-0.15, -0.1) is 0 Å². The molecule has 17 N–H and O–H groups in total. The number of aliphatic hydroxyl groups excluding tert-OH is 6. The molecular weight excluding hydrogens is 1450 g/mol. The second-order valence-corrected chi connectivity index (χ2v) is 25.9. The monoisotopic (exact) mass is 1510 g/mol. The summed E-state index contributed by atoms with van der Waals surface area (Å²) >= 11 is 0. The number of rotatable bonds is 22. The molecule has 5 aliphatic rings. The van der Waals surface area contributed by atoms with E-state index in [1.807, 2.05) is 0 Å². The van der Waals surface area contributed by atoms with Crippen LogP contribution in [0.3, 0.4) is 0 Å². The summed E-state index contributed by atoms with van der Waals surface area (Å²) in [6, 6.07) is -4.24. The van der Waals surface area contributed by atoms with E-state index >= 15 is 0 Å². The summed E-state index contributed by atoms with van der Waals surface area (Å²) in [7, 11) is -38.7. The first-order valence-electron chi connectivity index (χ1n) is 22.6. The Morgan fingerprint density at radius 2 is 0.846 bits per heavy atom. The van der Waals surface area contributed by atoms with Crippen molar-refractivity contribution in [2.24, 2.45) is 0 Å². The molecule has 5 aliphatic heterocycles. The molecular formula is C31H59N3O49S8-10. The average molecular weight is 1510 g/mol. The molecule has 0 aromatic heterocycles. The highest BCUT2D eigenvalue weighted by Gasteiger charge is 2.41. The molecule has 0 bridgehead atoms. The first-order valence-corrected chi connectivity index (χ1v) is 33.5. The predicted molar refractivity (Wildman–Crippen MR) is 260 cm³/mol. The number of nitrogens with one attached hydrogen (secondary N) is 3. The van der Waals surface area contributed by atoms with E-state index in [1.54, 1.807) is 4.72 Å². The van der Waals surface area contributed by atoms with Crippen LogP contribution in [0.25, 0.3) is 0 Å². The van der Waals surface area contributed by atoms with Gasteiger partial charge in [-0.25, -0.2) is 81.5 Å². The van der Waals surface area contributed by atoms with Crippen molar-refractivity contribution in [3.05, 3.63) is 0 Å². The number of aliphatic hydroxyl groups is 6. The van der Waals surface area contributed by atoms with E-state index in [9.17, 15) is 144 Å². The zero-order valence-corrected chi connectivity index (χ0v) is 51.5. The Labute approximate surface area is 515 Å². The summed E-state index contributed by atoms with van der Waals surface area (Å²) in [5, 5.41) is 76.4. The van der Waals surface area contributed by atoms with Crippen LogP contribution < -0.4 is 24.4 Å². The lowest BCUT2D eigenvalue weighted by molar-refractivity contribution is -0.322. The molecule has 5 rings (SSSR count). The van der Waals surface area contributed by atoms with Gasteiger partial charge in [-0.2, -0.15) is 0 Å². The smallest absolute Gasteiger partial charge is 0.218 e. The van der Waals surface area contributed by atoms with Gasteiger partial charge < -0.3 is 137 Å². The molecule has 0 aromatic carbocycles. The van der Waals surface area contributed by atoms with Crippen molar-refractivity contribution in [3.8, 4) is 0 Å². The minimum absolute atomic E-state index is 0. The van der Waals surface area contributed by atoms with Crippen molar-refractivity contribution in [3.63, 3.8) is 0 Å². The van der Waals surface area contributed by atoms with Crippen molar-refractivity contribution in [2.75, 3.05) is 53.4 Å². The highest BCUT2D eigenvalue weighted by Crippen LogP contribution is 2.24. The molecule has 52 nitrogen and oxygen atoms in total. The maximum atomic E-state index is 10.6. The first kappa shape index (κ1) is 94.7. The van der Waals surface area contributed by atoms with Crippen LogP contribution >= 0.6 is 0 Å². The lowest BCUT2D eigenvalue weighted by Gasteiger charge is -2.39. The van der Waals surface area contributed by atoms with Crippen LogP contribution in [0, 0.1) is 0 Å². The standard InChI is InChI=1S/C7H15NO10S2.C6H13NO12S3.C6H13NO10S2.C6H10O8S.C6H10O5.4H2O/c1-16-7-6(8-19(10,11)12)5(9)2-4(18-7)3-17-20(13,14)15;8-20(9,10)7-5-3-17-4(2-18-21(11,12)13)1-6(5)19-22(14,15)16;8-5-3(7-18(10,11)12)1-16-4(6(5)9)2-17-19(13,14)15;7-3-1-4(6(8)9)13-2-5(3)14-15(10,11)12;7-3-1-5(6(9)10)11-2-4(3)8;;;;/h4-9H,2-3H2,1H3,(H,10,11,12)(H,13,14,15);4-7H,1-3H2,(H,8,9,10)(H,11,12,13)(H,14,15,16);3-9H,1-2H2,(H,10,11,12)(H,13,14,15);3-5,7H,1-2H2,(H,8,9)(H,10,11,12);3-5,7-8H,1-2H2,(H,9,10);4*1H2/p-10/t4?,5-,6?,7+;4?,5?,6-;3?,4?,5-,6+;2*3-,4?,5?;;;;/m11011..../s1. The fourth-order valence-corrected chi connectivity index (χ4v) is 10.6. The Bertz CT molecular complexity index is 3120. The lowest BCUT2D eigenvalue weighted by Crippen LogP contribution is -2.60. The van der Waals surface area contributed by atoms with Gasteiger partial charge in [-0.05, 0) is 0 Å². The molecule has 5 fully saturated rings. The van der Waals surface area contributed by atoms with E-state index in [0.29, 0.717) is 0 Å². The second-order valence-electron chi connectivity index (χ2n) is 17.3. The molecule has 0 amide bonds. The van der Waals surface area contributed by atoms with E-state index in [2.05, 4.69) is 30.4 Å². The molecule has 91 heavy (non-hydrogen) atoms. The SMILES string of the molecule is CO[C@H]1OC(COS(=O)(=O)[O-])C[C@@H](O)C1NS(=O)(=O)[O-].O.O.O.O.O=C([O-])C1C[C@@H](O)C(O)CO1.O=C([O-])C1C[C@@H](O)C(OS(=O)(=O)[O-])CO1.O=S(=O)([O-])NC1COC(COS(=O)(=O)[O-])C[C@H]1OS(=O)(=O)[O-].O=S(=O)([O-])NC1COC(COS(=O)(=O)[O-])[C@@H](O)[C@H]1O. The predicted octanol–water partition coefficient (Wildman–Crippen LogP) is -19.8. The van der Waals surface area contributed by atoms with Gasteiger partial charge in [0.05, 0.1) is 125 Å². The van der Waals surface area contributed by atoms with Crippen LogP contribution in [0.4, 0.5) is 0 Å². The van der Waals surface area contributed by atoms with Crippen molar-refractivity contribution < 1.29 is 225 Å². The van der Waals surface area contributed by atoms with Gasteiger partial charge in [0.25, 0.3) is 0 Å². The van der Waals surface area contributed by atoms with Crippen molar-refractivity contribution in [1.29, 1.82) is 0 Å². The van der Waals surface area contributed by atoms with E-state index < -0.39 is 245 Å². The molecule has 10 unspecified atom stereocenters. The molecule has 5 saturated heterocycles. The Morgan fingerprint density at radius 3 is 1.25 bits per heavy atom. The number of methoxy groups -OCH3 is 1. The quantitative estimate of drug-likeness (QED) is 0.0359. The summed E-state index contributed by atoms with van der Waals surface area (Å²) in [5.74, 6) is -2.87. The minimum atomic E-state index is -5.24. The normalized spacial score (nSPS) is 30.7. The number of aliphatic carboxylic acids is 2. The van der Waals surface area contributed by atoms with Crippen LogP contribution in [-0.2, 0) is 142 Å². The van der Waals surface area contributed by atoms with Crippen molar-refractivity contribution >= 4 is 94.8 Å².